The van der Waals surface area contributed by atoms with Crippen LogP contribution in [0.5, 0.6) is 0 Å². The maximum Gasteiger partial charge on any atom is 0.236 e. The molecule has 0 spiro atoms. The molecule has 0 aromatic heterocycles. The zero-order valence-electron chi connectivity index (χ0n) is 10.9. The van der Waals surface area contributed by atoms with Crippen molar-refractivity contribution in [2.45, 2.75) is 6.92 Å². The molecule has 0 saturated carbocycles. The standard InChI is InChI=1S/C15H8N4O2/c1-7-2-3-9-10(4-7)18-19-13(9)12-11(8(5-16)6-17)14(20)15(12)21/h2-4,18-19H,1H3. The lowest BCUT2D eigenvalue weighted by Crippen LogP contribution is -2.66. The number of fused-ring (bicyclic) bond motifs is 1. The Morgan fingerprint density at radius 3 is 2.48 bits per heavy atom. The van der Waals surface area contributed by atoms with E-state index in [9.17, 15) is 9.59 Å². The van der Waals surface area contributed by atoms with Gasteiger partial charge in [-0.1, -0.05) is 12.1 Å². The predicted octanol–water partition coefficient (Wildman–Crippen LogP) is -1.12. The summed E-state index contributed by atoms with van der Waals surface area (Å²) in [7, 11) is 0. The lowest BCUT2D eigenvalue weighted by Gasteiger charge is -2.01. The molecule has 6 heteroatoms. The SMILES string of the molecule is Cc1ccc2c(c1)NNC2=c1c(=O)c(=O)c1=C(C#N)C#N. The molecule has 2 N–H and O–H groups in total. The second kappa shape index (κ2) is 4.32. The Morgan fingerprint density at radius 1 is 1.10 bits per heavy atom. The molecule has 2 aromatic rings. The van der Waals surface area contributed by atoms with Crippen LogP contribution in [0.4, 0.5) is 5.69 Å². The van der Waals surface area contributed by atoms with Crippen LogP contribution in [0.1, 0.15) is 11.1 Å². The second-order valence-electron chi connectivity index (χ2n) is 4.68. The van der Waals surface area contributed by atoms with E-state index in [4.69, 9.17) is 10.5 Å². The average molecular weight is 276 g/mol. The van der Waals surface area contributed by atoms with Crippen molar-refractivity contribution in [2.75, 3.05) is 5.43 Å². The predicted molar refractivity (Wildman–Crippen MR) is 75.7 cm³/mol. The number of hydrazine groups is 1. The van der Waals surface area contributed by atoms with Gasteiger partial charge in [0.2, 0.25) is 10.9 Å². The third-order valence-electron chi connectivity index (χ3n) is 3.40. The van der Waals surface area contributed by atoms with Crippen molar-refractivity contribution in [3.63, 3.8) is 0 Å². The molecule has 1 aliphatic rings. The molecule has 0 unspecified atom stereocenters. The van der Waals surface area contributed by atoms with E-state index in [2.05, 4.69) is 10.9 Å². The Morgan fingerprint density at radius 2 is 1.81 bits per heavy atom. The van der Waals surface area contributed by atoms with Crippen molar-refractivity contribution < 1.29 is 0 Å². The minimum Gasteiger partial charge on any atom is -0.300 e. The van der Waals surface area contributed by atoms with Gasteiger partial charge in [-0.2, -0.15) is 10.5 Å². The molecule has 0 bridgehead atoms. The Balaban J connectivity index is 2.47. The molecule has 0 aliphatic carbocycles. The van der Waals surface area contributed by atoms with Crippen molar-refractivity contribution in [1.82, 2.24) is 5.43 Å². The summed E-state index contributed by atoms with van der Waals surface area (Å²) in [5.74, 6) is 0. The van der Waals surface area contributed by atoms with Gasteiger partial charge in [-0.05, 0) is 18.6 Å². The summed E-state index contributed by atoms with van der Waals surface area (Å²) >= 11 is 0. The summed E-state index contributed by atoms with van der Waals surface area (Å²) in [4.78, 5) is 23.5. The Labute approximate surface area is 118 Å². The highest BCUT2D eigenvalue weighted by Crippen LogP contribution is 2.26. The smallest absolute Gasteiger partial charge is 0.236 e. The maximum absolute atomic E-state index is 11.8. The lowest BCUT2D eigenvalue weighted by molar-refractivity contribution is 1.10. The van der Waals surface area contributed by atoms with E-state index in [1.165, 1.54) is 0 Å². The molecule has 1 heterocycles. The Hall–Kier alpha value is -3.38. The van der Waals surface area contributed by atoms with Crippen LogP contribution in [0.2, 0.25) is 0 Å². The summed E-state index contributed by atoms with van der Waals surface area (Å²) in [6.07, 6.45) is 0. The number of hydrogen-bond donors (Lipinski definition) is 2. The van der Waals surface area contributed by atoms with E-state index in [-0.39, 0.29) is 16.0 Å². The van der Waals surface area contributed by atoms with Crippen molar-refractivity contribution in [3.05, 3.63) is 60.2 Å². The number of nitrogens with one attached hydrogen (secondary N) is 2. The lowest BCUT2D eigenvalue weighted by atomic mass is 10.0. The molecule has 6 nitrogen and oxygen atoms in total. The van der Waals surface area contributed by atoms with Crippen LogP contribution in [0.3, 0.4) is 0 Å². The largest absolute Gasteiger partial charge is 0.300 e. The number of nitriles is 2. The van der Waals surface area contributed by atoms with Crippen LogP contribution in [0, 0.1) is 29.6 Å². The molecule has 0 amide bonds. The molecule has 0 saturated heterocycles. The Bertz CT molecular complexity index is 1040. The molecule has 2 aromatic carbocycles. The number of benzene rings is 1. The molecular weight excluding hydrogens is 268 g/mol. The van der Waals surface area contributed by atoms with Crippen LogP contribution < -0.4 is 32.1 Å². The molecule has 3 rings (SSSR count). The average Bonchev–Trinajstić information content (AvgIpc) is 2.89. The topological polar surface area (TPSA) is 106 Å². The van der Waals surface area contributed by atoms with Crippen molar-refractivity contribution in [2.24, 2.45) is 0 Å². The first-order chi connectivity index (χ1) is 10.1. The van der Waals surface area contributed by atoms with Crippen molar-refractivity contribution in [1.29, 1.82) is 10.5 Å². The van der Waals surface area contributed by atoms with Crippen LogP contribution >= 0.6 is 0 Å². The molecule has 0 radical (unpaired) electrons. The third-order valence-corrected chi connectivity index (χ3v) is 3.40. The first kappa shape index (κ1) is 12.6. The van der Waals surface area contributed by atoms with Gasteiger partial charge in [0.1, 0.15) is 17.7 Å². The minimum absolute atomic E-state index is 0.0909. The van der Waals surface area contributed by atoms with Crippen LogP contribution in [0.25, 0.3) is 11.3 Å². The third kappa shape index (κ3) is 1.63. The van der Waals surface area contributed by atoms with E-state index in [0.717, 1.165) is 16.8 Å². The fourth-order valence-corrected chi connectivity index (χ4v) is 2.38. The molecule has 0 atom stereocenters. The highest BCUT2D eigenvalue weighted by atomic mass is 16.2. The van der Waals surface area contributed by atoms with E-state index in [1.54, 1.807) is 12.1 Å². The van der Waals surface area contributed by atoms with Crippen molar-refractivity contribution in [3.8, 4) is 12.1 Å². The van der Waals surface area contributed by atoms with Gasteiger partial charge in [-0.15, -0.1) is 0 Å². The van der Waals surface area contributed by atoms with Crippen molar-refractivity contribution >= 4 is 17.0 Å². The first-order valence-corrected chi connectivity index (χ1v) is 6.09. The monoisotopic (exact) mass is 276 g/mol. The normalized spacial score (nSPS) is 14.6. The number of aryl methyl sites for hydroxylation is 1. The van der Waals surface area contributed by atoms with Gasteiger partial charge in [0.25, 0.3) is 0 Å². The number of rotatable bonds is 0. The highest BCUT2D eigenvalue weighted by Gasteiger charge is 2.22. The zero-order valence-corrected chi connectivity index (χ0v) is 10.9. The van der Waals surface area contributed by atoms with E-state index >= 15 is 0 Å². The summed E-state index contributed by atoms with van der Waals surface area (Å²) in [5.41, 5.74) is 6.89. The summed E-state index contributed by atoms with van der Waals surface area (Å²) in [6, 6.07) is 8.88. The van der Waals surface area contributed by atoms with Gasteiger partial charge in [0.15, 0.2) is 0 Å². The quantitative estimate of drug-likeness (QED) is 0.590. The Kier molecular flexibility index (Phi) is 2.60. The van der Waals surface area contributed by atoms with Gasteiger partial charge < -0.3 is 5.43 Å². The van der Waals surface area contributed by atoms with Gasteiger partial charge >= 0.3 is 0 Å². The summed E-state index contributed by atoms with van der Waals surface area (Å²) < 4.78 is 0. The molecule has 100 valence electrons. The first-order valence-electron chi connectivity index (χ1n) is 6.09. The van der Waals surface area contributed by atoms with Crippen LogP contribution in [-0.4, -0.2) is 0 Å². The van der Waals surface area contributed by atoms with Crippen LogP contribution in [-0.2, 0) is 0 Å². The fourth-order valence-electron chi connectivity index (χ4n) is 2.38. The highest BCUT2D eigenvalue weighted by molar-refractivity contribution is 5.82. The molecule has 21 heavy (non-hydrogen) atoms. The van der Waals surface area contributed by atoms with E-state index < -0.39 is 10.9 Å². The molecular formula is C15H8N4O2. The van der Waals surface area contributed by atoms with Gasteiger partial charge in [-0.3, -0.25) is 15.0 Å². The second-order valence-corrected chi connectivity index (χ2v) is 4.68. The minimum atomic E-state index is -0.794. The summed E-state index contributed by atoms with van der Waals surface area (Å²) in [5, 5.41) is 17.8. The van der Waals surface area contributed by atoms with E-state index in [1.807, 2.05) is 25.1 Å². The number of nitrogens with zero attached hydrogens (tertiary/aromatic N) is 2. The number of anilines is 1. The van der Waals surface area contributed by atoms with Crippen LogP contribution in [0.15, 0.2) is 27.8 Å². The maximum atomic E-state index is 11.8. The van der Waals surface area contributed by atoms with Gasteiger partial charge in [-0.25, -0.2) is 0 Å². The summed E-state index contributed by atoms with van der Waals surface area (Å²) in [6.45, 7) is 1.93. The fraction of sp³-hybridized carbons (Fsp3) is 0.0667. The molecule has 0 fully saturated rings. The molecule has 1 aliphatic heterocycles. The van der Waals surface area contributed by atoms with E-state index in [0.29, 0.717) is 5.70 Å². The van der Waals surface area contributed by atoms with Gasteiger partial charge in [0, 0.05) is 5.56 Å². The zero-order chi connectivity index (χ0) is 15.1. The number of hydrogen-bond acceptors (Lipinski definition) is 6. The van der Waals surface area contributed by atoms with Gasteiger partial charge in [0.05, 0.1) is 21.8 Å².